The van der Waals surface area contributed by atoms with Gasteiger partial charge in [-0.25, -0.2) is 9.97 Å². The van der Waals surface area contributed by atoms with Gasteiger partial charge in [-0.3, -0.25) is 23.5 Å². The zero-order valence-corrected chi connectivity index (χ0v) is 44.6. The number of carbonyl (C=O) groups is 1. The molecule has 0 aliphatic rings. The summed E-state index contributed by atoms with van der Waals surface area (Å²) in [4.78, 5) is 51.9. The van der Waals surface area contributed by atoms with Gasteiger partial charge in [0.25, 0.3) is 22.3 Å². The molecule has 0 bridgehead atoms. The topological polar surface area (TPSA) is 184 Å². The molecule has 0 spiro atoms. The average molecular weight is 1150 g/mol. The lowest BCUT2D eigenvalue weighted by atomic mass is 9.98. The maximum absolute atomic E-state index is 13.9. The molecule has 16 heteroatoms. The van der Waals surface area contributed by atoms with Crippen LogP contribution in [-0.2, 0) is 0 Å². The largest absolute Gasteiger partial charge is 0.409 e. The highest BCUT2D eigenvalue weighted by molar-refractivity contribution is 9.10. The summed E-state index contributed by atoms with van der Waals surface area (Å²) in [6.07, 6.45) is 0. The summed E-state index contributed by atoms with van der Waals surface area (Å²) >= 11 is 11.9. The minimum absolute atomic E-state index is 0.0259. The van der Waals surface area contributed by atoms with Gasteiger partial charge < -0.3 is 15.5 Å². The Morgan fingerprint density at radius 1 is 0.553 bits per heavy atom. The molecule has 3 heterocycles. The molecule has 0 saturated carbocycles. The Morgan fingerprint density at radius 3 is 1.38 bits per heavy atom. The molecule has 0 aliphatic carbocycles. The summed E-state index contributed by atoms with van der Waals surface area (Å²) in [5.74, 6) is 2.04. The van der Waals surface area contributed by atoms with Crippen molar-refractivity contribution in [2.75, 3.05) is 0 Å². The molecule has 8 aromatic carbocycles. The normalized spacial score (nSPS) is 11.3. The third kappa shape index (κ3) is 11.7. The van der Waals surface area contributed by atoms with E-state index in [1.165, 1.54) is 0 Å². The van der Waals surface area contributed by atoms with E-state index in [2.05, 4.69) is 52.1 Å². The number of rotatable bonds is 10. The quantitative estimate of drug-likeness (QED) is 0.0439. The van der Waals surface area contributed by atoms with Crippen LogP contribution in [0.2, 0.25) is 0 Å². The summed E-state index contributed by atoms with van der Waals surface area (Å²) in [7, 11) is 0. The number of hydrogen-bond acceptors (Lipinski definition) is 10. The number of aryl methyl sites for hydroxylation is 2. The Hall–Kier alpha value is -8.63. The van der Waals surface area contributed by atoms with E-state index in [-0.39, 0.29) is 29.0 Å². The third-order valence-corrected chi connectivity index (χ3v) is 13.7. The summed E-state index contributed by atoms with van der Waals surface area (Å²) < 4.78 is 10.9. The van der Waals surface area contributed by atoms with Crippen LogP contribution in [-0.4, -0.2) is 45.5 Å². The van der Waals surface area contributed by atoms with Crippen molar-refractivity contribution in [1.82, 2.24) is 29.2 Å². The lowest BCUT2D eigenvalue weighted by Crippen LogP contribution is -2.29. The van der Waals surface area contributed by atoms with Gasteiger partial charge in [-0.2, -0.15) is 4.98 Å². The van der Waals surface area contributed by atoms with Crippen LogP contribution in [0.3, 0.4) is 0 Å². The predicted octanol–water partition coefficient (Wildman–Crippen LogP) is 13.1. The third-order valence-electron chi connectivity index (χ3n) is 12.4. The van der Waals surface area contributed by atoms with E-state index >= 15 is 0 Å². The monoisotopic (exact) mass is 1150 g/mol. The zero-order valence-electron chi connectivity index (χ0n) is 40.7. The van der Waals surface area contributed by atoms with E-state index in [1.54, 1.807) is 57.7 Å². The Kier molecular flexibility index (Phi) is 16.3. The molecule has 0 unspecified atom stereocenters. The molecule has 0 amide bonds. The molecular formula is C60H45Br2ClN8O5. The number of nitrogens with two attached hydrogens (primary N) is 1. The van der Waals surface area contributed by atoms with E-state index < -0.39 is 5.24 Å². The molecule has 376 valence electrons. The molecule has 76 heavy (non-hydrogen) atoms. The molecule has 0 radical (unpaired) electrons. The molecular weight excluding hydrogens is 1110 g/mol. The van der Waals surface area contributed by atoms with Crippen molar-refractivity contribution in [3.63, 3.8) is 0 Å². The SMILES string of the molecule is Cc1nc2cc(-c3noc(-c4ccc(Br)cc4)n3)ccc2c(=O)n1C(c1ccccc1)c1ccccc1.Cc1nc2cc(/C(N)=N/O)ccc2c(=O)n1C(c1ccccc1)c1ccccc1.O=C(Cl)c1ccc(Br)cc1. The summed E-state index contributed by atoms with van der Waals surface area (Å²) in [6.45, 7) is 3.68. The van der Waals surface area contributed by atoms with E-state index in [0.717, 1.165) is 42.3 Å². The number of carbonyl (C=O) groups excluding carboxylic acids is 1. The van der Waals surface area contributed by atoms with Gasteiger partial charge in [-0.15, -0.1) is 0 Å². The highest BCUT2D eigenvalue weighted by atomic mass is 79.9. The summed E-state index contributed by atoms with van der Waals surface area (Å²) in [6, 6.07) is 64.2. The average Bonchev–Trinajstić information content (AvgIpc) is 3.95. The molecule has 0 saturated heterocycles. The summed E-state index contributed by atoms with van der Waals surface area (Å²) in [5.41, 5.74) is 13.1. The highest BCUT2D eigenvalue weighted by Gasteiger charge is 2.24. The molecule has 0 atom stereocenters. The second-order valence-electron chi connectivity index (χ2n) is 17.3. The van der Waals surface area contributed by atoms with Crippen LogP contribution in [0.15, 0.2) is 234 Å². The van der Waals surface area contributed by atoms with Crippen LogP contribution >= 0.6 is 43.5 Å². The van der Waals surface area contributed by atoms with E-state index in [1.807, 2.05) is 172 Å². The Bertz CT molecular complexity index is 3900. The van der Waals surface area contributed by atoms with Gasteiger partial charge in [0.2, 0.25) is 5.82 Å². The van der Waals surface area contributed by atoms with Crippen molar-refractivity contribution in [2.24, 2.45) is 10.9 Å². The molecule has 11 rings (SSSR count). The van der Waals surface area contributed by atoms with E-state index in [0.29, 0.717) is 56.3 Å². The molecule has 0 aliphatic heterocycles. The number of nitrogens with zero attached hydrogens (tertiary/aromatic N) is 7. The molecule has 3 aromatic heterocycles. The molecule has 3 N–H and O–H groups in total. The van der Waals surface area contributed by atoms with Gasteiger partial charge in [0.1, 0.15) is 11.6 Å². The fraction of sp³-hybridized carbons (Fsp3) is 0.0667. The Balaban J connectivity index is 0.000000160. The van der Waals surface area contributed by atoms with Crippen molar-refractivity contribution in [3.8, 4) is 22.8 Å². The van der Waals surface area contributed by atoms with Crippen molar-refractivity contribution in [2.45, 2.75) is 25.9 Å². The van der Waals surface area contributed by atoms with Crippen LogP contribution in [0.5, 0.6) is 0 Å². The number of hydrogen-bond donors (Lipinski definition) is 2. The van der Waals surface area contributed by atoms with Gasteiger partial charge in [0.15, 0.2) is 5.84 Å². The first-order valence-corrected chi connectivity index (χ1v) is 25.6. The van der Waals surface area contributed by atoms with Gasteiger partial charge in [0, 0.05) is 31.2 Å². The Morgan fingerprint density at radius 2 is 0.947 bits per heavy atom. The number of halogens is 3. The summed E-state index contributed by atoms with van der Waals surface area (Å²) in [5, 5.41) is 16.7. The lowest BCUT2D eigenvalue weighted by molar-refractivity contribution is 0.108. The van der Waals surface area contributed by atoms with Gasteiger partial charge in [-0.05, 0) is 120 Å². The molecule has 0 fully saturated rings. The minimum atomic E-state index is -0.424. The lowest BCUT2D eigenvalue weighted by Gasteiger charge is -2.23. The Labute approximate surface area is 457 Å². The first kappa shape index (κ1) is 52.2. The smallest absolute Gasteiger partial charge is 0.262 e. The van der Waals surface area contributed by atoms with Crippen LogP contribution in [0, 0.1) is 13.8 Å². The van der Waals surface area contributed by atoms with Crippen molar-refractivity contribution < 1.29 is 14.5 Å². The van der Waals surface area contributed by atoms with Crippen LogP contribution in [0.4, 0.5) is 0 Å². The van der Waals surface area contributed by atoms with Crippen molar-refractivity contribution in [3.05, 3.63) is 281 Å². The second kappa shape index (κ2) is 23.7. The van der Waals surface area contributed by atoms with E-state index in [9.17, 15) is 14.4 Å². The van der Waals surface area contributed by atoms with E-state index in [4.69, 9.17) is 32.0 Å². The number of aromatic nitrogens is 6. The predicted molar refractivity (Wildman–Crippen MR) is 305 cm³/mol. The number of oxime groups is 1. The number of amidine groups is 1. The van der Waals surface area contributed by atoms with Gasteiger partial charge in [-0.1, -0.05) is 176 Å². The van der Waals surface area contributed by atoms with Crippen LogP contribution < -0.4 is 16.9 Å². The van der Waals surface area contributed by atoms with Crippen LogP contribution in [0.1, 0.15) is 61.9 Å². The maximum Gasteiger partial charge on any atom is 0.262 e. The highest BCUT2D eigenvalue weighted by Crippen LogP contribution is 2.30. The first-order valence-electron chi connectivity index (χ1n) is 23.7. The van der Waals surface area contributed by atoms with Crippen LogP contribution in [0.25, 0.3) is 44.6 Å². The molecule has 11 aromatic rings. The zero-order chi connectivity index (χ0) is 53.3. The van der Waals surface area contributed by atoms with Gasteiger partial charge >= 0.3 is 0 Å². The van der Waals surface area contributed by atoms with Gasteiger partial charge in [0.05, 0.1) is 33.9 Å². The first-order chi connectivity index (χ1) is 36.9. The maximum atomic E-state index is 13.9. The van der Waals surface area contributed by atoms with Crippen molar-refractivity contribution >= 4 is 76.3 Å². The molecule has 13 nitrogen and oxygen atoms in total. The number of benzene rings is 8. The van der Waals surface area contributed by atoms with Crippen molar-refractivity contribution in [1.29, 1.82) is 0 Å². The number of fused-ring (bicyclic) bond motifs is 2. The second-order valence-corrected chi connectivity index (χ2v) is 19.5. The fourth-order valence-corrected chi connectivity index (χ4v) is 9.39. The fourth-order valence-electron chi connectivity index (χ4n) is 8.74. The minimum Gasteiger partial charge on any atom is -0.409 e. The standard InChI is InChI=1S/C30H21BrN4O2.C23H20N4O2.C7H4BrClO/c1-19-32-26-18-23(28-33-29(37-34-28)22-12-15-24(31)16-13-22)14-17-25(26)30(36)35(19)27(20-8-4-2-5-9-20)21-10-6-3-7-11-21;1-15-25-20-14-18(22(24)26-29)12-13-19(20)23(28)27(15)21(16-8-4-2-5-9-16)17-10-6-3-7-11-17;8-6-3-1-5(2-4-6)7(9)10/h2-18,27H,1H3;2-14,21,29H,1H3,(H2,24,26);1-4H.